The van der Waals surface area contributed by atoms with Gasteiger partial charge in [0.15, 0.2) is 5.78 Å². The second kappa shape index (κ2) is 2.96. The molecule has 0 atom stereocenters. The molecule has 0 aliphatic heterocycles. The largest absolute Gasteiger partial charge is 0.294 e. The number of ketones is 1. The highest BCUT2D eigenvalue weighted by atomic mass is 79.9. The van der Waals surface area contributed by atoms with Crippen LogP contribution in [0.3, 0.4) is 0 Å². The highest BCUT2D eigenvalue weighted by Crippen LogP contribution is 2.32. The predicted octanol–water partition coefficient (Wildman–Crippen LogP) is 3.34. The summed E-state index contributed by atoms with van der Waals surface area (Å²) >= 11 is 6.80. The number of carbonyl (C=O) groups is 1. The fraction of sp³-hybridized carbons (Fsp3) is 0.222. The van der Waals surface area contributed by atoms with Gasteiger partial charge < -0.3 is 0 Å². The van der Waals surface area contributed by atoms with Crippen molar-refractivity contribution in [1.29, 1.82) is 0 Å². The molecule has 2 rings (SSSR count). The second-order valence-corrected chi connectivity index (χ2v) is 4.61. The van der Waals surface area contributed by atoms with E-state index in [-0.39, 0.29) is 5.78 Å². The number of halogens is 2. The van der Waals surface area contributed by atoms with Crippen molar-refractivity contribution in [2.24, 2.45) is 0 Å². The van der Waals surface area contributed by atoms with E-state index in [1.54, 1.807) is 0 Å². The van der Waals surface area contributed by atoms with Gasteiger partial charge in [0.1, 0.15) is 0 Å². The van der Waals surface area contributed by atoms with E-state index in [4.69, 9.17) is 0 Å². The van der Waals surface area contributed by atoms with Crippen LogP contribution in [0.4, 0.5) is 0 Å². The number of Topliss-reactive ketones (excluding diaryl/α,β-unsaturated/α-hetero) is 1. The van der Waals surface area contributed by atoms with Crippen LogP contribution in [0.2, 0.25) is 0 Å². The summed E-state index contributed by atoms with van der Waals surface area (Å²) in [5, 5.41) is 0. The summed E-state index contributed by atoms with van der Waals surface area (Å²) in [6.45, 7) is 0. The molecule has 0 radical (unpaired) electrons. The zero-order valence-corrected chi connectivity index (χ0v) is 9.41. The molecule has 0 unspecified atom stereocenters. The smallest absolute Gasteiger partial charge is 0.163 e. The Bertz CT molecular complexity index is 358. The summed E-state index contributed by atoms with van der Waals surface area (Å²) in [5.41, 5.74) is 2.03. The van der Waals surface area contributed by atoms with Crippen LogP contribution in [-0.2, 0) is 6.42 Å². The molecular weight excluding hydrogens is 284 g/mol. The summed E-state index contributed by atoms with van der Waals surface area (Å²) in [7, 11) is 0. The van der Waals surface area contributed by atoms with Gasteiger partial charge in [-0.25, -0.2) is 0 Å². The Labute approximate surface area is 87.4 Å². The average molecular weight is 290 g/mol. The maximum atomic E-state index is 11.3. The molecule has 62 valence electrons. The van der Waals surface area contributed by atoms with Crippen molar-refractivity contribution in [2.45, 2.75) is 12.8 Å². The van der Waals surface area contributed by atoms with Crippen LogP contribution in [0.5, 0.6) is 0 Å². The zero-order chi connectivity index (χ0) is 8.72. The van der Waals surface area contributed by atoms with E-state index in [1.165, 1.54) is 0 Å². The van der Waals surface area contributed by atoms with E-state index in [1.807, 2.05) is 12.1 Å². The maximum absolute atomic E-state index is 11.3. The van der Waals surface area contributed by atoms with Gasteiger partial charge in [-0.05, 0) is 24.1 Å². The van der Waals surface area contributed by atoms with Crippen LogP contribution in [-0.4, -0.2) is 5.78 Å². The molecule has 12 heavy (non-hydrogen) atoms. The van der Waals surface area contributed by atoms with E-state index in [0.717, 1.165) is 26.5 Å². The van der Waals surface area contributed by atoms with E-state index in [0.29, 0.717) is 6.42 Å². The third kappa shape index (κ3) is 1.25. The summed E-state index contributed by atoms with van der Waals surface area (Å²) in [6, 6.07) is 3.88. The average Bonchev–Trinajstić information content (AvgIpc) is 2.33. The van der Waals surface area contributed by atoms with Gasteiger partial charge in [-0.3, -0.25) is 4.79 Å². The molecule has 0 bridgehead atoms. The number of hydrogen-bond donors (Lipinski definition) is 0. The minimum absolute atomic E-state index is 0.256. The lowest BCUT2D eigenvalue weighted by molar-refractivity contribution is 0.0994. The number of fused-ring (bicyclic) bond motifs is 1. The molecule has 1 aromatic carbocycles. The molecule has 0 fully saturated rings. The van der Waals surface area contributed by atoms with Crippen molar-refractivity contribution in [3.05, 3.63) is 32.2 Å². The van der Waals surface area contributed by atoms with Crippen LogP contribution in [0.25, 0.3) is 0 Å². The molecule has 0 saturated heterocycles. The van der Waals surface area contributed by atoms with Crippen LogP contribution >= 0.6 is 31.9 Å². The Morgan fingerprint density at radius 1 is 1.17 bits per heavy atom. The van der Waals surface area contributed by atoms with Crippen molar-refractivity contribution in [2.75, 3.05) is 0 Å². The van der Waals surface area contributed by atoms with Crippen molar-refractivity contribution < 1.29 is 4.79 Å². The highest BCUT2D eigenvalue weighted by Gasteiger charge is 2.21. The summed E-state index contributed by atoms with van der Waals surface area (Å²) in [5.74, 6) is 0.256. The van der Waals surface area contributed by atoms with E-state index in [9.17, 15) is 4.79 Å². The first-order valence-electron chi connectivity index (χ1n) is 3.69. The molecule has 3 heteroatoms. The Balaban J connectivity index is 2.68. The summed E-state index contributed by atoms with van der Waals surface area (Å²) in [4.78, 5) is 11.3. The van der Waals surface area contributed by atoms with Crippen molar-refractivity contribution in [3.63, 3.8) is 0 Å². The van der Waals surface area contributed by atoms with Crippen molar-refractivity contribution in [3.8, 4) is 0 Å². The maximum Gasteiger partial charge on any atom is 0.163 e. The third-order valence-corrected chi connectivity index (χ3v) is 3.23. The number of hydrogen-bond acceptors (Lipinski definition) is 1. The normalized spacial score (nSPS) is 15.0. The highest BCUT2D eigenvalue weighted by molar-refractivity contribution is 9.11. The van der Waals surface area contributed by atoms with Crippen LogP contribution < -0.4 is 0 Å². The van der Waals surface area contributed by atoms with Gasteiger partial charge in [0.2, 0.25) is 0 Å². The van der Waals surface area contributed by atoms with E-state index in [2.05, 4.69) is 31.9 Å². The van der Waals surface area contributed by atoms with Crippen molar-refractivity contribution >= 4 is 37.6 Å². The first kappa shape index (κ1) is 8.45. The Morgan fingerprint density at radius 3 is 2.67 bits per heavy atom. The van der Waals surface area contributed by atoms with Crippen LogP contribution in [0, 0.1) is 0 Å². The lowest BCUT2D eigenvalue weighted by atomic mass is 10.1. The Kier molecular flexibility index (Phi) is 2.09. The molecule has 0 amide bonds. The van der Waals surface area contributed by atoms with Gasteiger partial charge in [0.25, 0.3) is 0 Å². The minimum atomic E-state index is 0.256. The summed E-state index contributed by atoms with van der Waals surface area (Å²) in [6.07, 6.45) is 1.53. The molecule has 0 aromatic heterocycles. The molecule has 0 saturated carbocycles. The van der Waals surface area contributed by atoms with Crippen LogP contribution in [0.1, 0.15) is 22.3 Å². The van der Waals surface area contributed by atoms with Crippen molar-refractivity contribution in [1.82, 2.24) is 0 Å². The molecule has 1 aliphatic carbocycles. The predicted molar refractivity (Wildman–Crippen MR) is 54.5 cm³/mol. The number of benzene rings is 1. The first-order valence-corrected chi connectivity index (χ1v) is 5.28. The van der Waals surface area contributed by atoms with Gasteiger partial charge in [0, 0.05) is 20.9 Å². The standard InChI is InChI=1S/C9H6Br2O/c10-5-3-7-6(8(11)4-5)1-2-9(7)12/h3-4H,1-2H2. The fourth-order valence-corrected chi connectivity index (χ4v) is 2.90. The first-order chi connectivity index (χ1) is 5.68. The molecule has 1 aliphatic rings. The molecule has 0 spiro atoms. The molecule has 0 N–H and O–H groups in total. The van der Waals surface area contributed by atoms with Crippen LogP contribution in [0.15, 0.2) is 21.1 Å². The third-order valence-electron chi connectivity index (χ3n) is 2.06. The molecule has 1 aromatic rings. The molecule has 1 nitrogen and oxygen atoms in total. The van der Waals surface area contributed by atoms with E-state index >= 15 is 0 Å². The second-order valence-electron chi connectivity index (χ2n) is 2.84. The van der Waals surface area contributed by atoms with Gasteiger partial charge in [0.05, 0.1) is 0 Å². The number of rotatable bonds is 0. The quantitative estimate of drug-likeness (QED) is 0.716. The van der Waals surface area contributed by atoms with Gasteiger partial charge in [-0.15, -0.1) is 0 Å². The van der Waals surface area contributed by atoms with E-state index < -0.39 is 0 Å². The Morgan fingerprint density at radius 2 is 1.92 bits per heavy atom. The lowest BCUT2D eigenvalue weighted by Crippen LogP contribution is -1.91. The van der Waals surface area contributed by atoms with Gasteiger partial charge in [-0.1, -0.05) is 31.9 Å². The monoisotopic (exact) mass is 288 g/mol. The SMILES string of the molecule is O=C1CCc2c(Br)cc(Br)cc21. The summed E-state index contributed by atoms with van der Waals surface area (Å²) < 4.78 is 2.00. The lowest BCUT2D eigenvalue weighted by Gasteiger charge is -2.01. The molecular formula is C9H6Br2O. The molecule has 0 heterocycles. The number of carbonyl (C=O) groups excluding carboxylic acids is 1. The topological polar surface area (TPSA) is 17.1 Å². The fourth-order valence-electron chi connectivity index (χ4n) is 1.48. The van der Waals surface area contributed by atoms with Gasteiger partial charge >= 0.3 is 0 Å². The Hall–Kier alpha value is -0.150. The minimum Gasteiger partial charge on any atom is -0.294 e. The van der Waals surface area contributed by atoms with Gasteiger partial charge in [-0.2, -0.15) is 0 Å². The zero-order valence-electron chi connectivity index (χ0n) is 6.23.